The van der Waals surface area contributed by atoms with Crippen molar-refractivity contribution in [3.8, 4) is 0 Å². The third-order valence-electron chi connectivity index (χ3n) is 4.36. The number of methoxy groups -OCH3 is 1. The van der Waals surface area contributed by atoms with Gasteiger partial charge in [0.1, 0.15) is 11.6 Å². The fourth-order valence-corrected chi connectivity index (χ4v) is 3.17. The number of carbonyl (C=O) groups excluding carboxylic acids is 1. The van der Waals surface area contributed by atoms with Crippen LogP contribution in [0.5, 0.6) is 0 Å². The summed E-state index contributed by atoms with van der Waals surface area (Å²) in [6, 6.07) is 3.70. The van der Waals surface area contributed by atoms with Crippen molar-refractivity contribution >= 4 is 11.7 Å². The summed E-state index contributed by atoms with van der Waals surface area (Å²) in [6.07, 6.45) is 6.65. The summed E-state index contributed by atoms with van der Waals surface area (Å²) in [7, 11) is 3.47. The van der Waals surface area contributed by atoms with Crippen LogP contribution in [0, 0.1) is 11.8 Å². The van der Waals surface area contributed by atoms with Crippen molar-refractivity contribution in [2.75, 3.05) is 38.8 Å². The highest BCUT2D eigenvalue weighted by Crippen LogP contribution is 2.28. The number of anilines is 1. The minimum absolute atomic E-state index is 0.0971. The Morgan fingerprint density at radius 1 is 1.46 bits per heavy atom. The first kappa shape index (κ1) is 16.4. The number of aromatic nitrogens is 2. The predicted octanol–water partition coefficient (Wildman–Crippen LogP) is 1.43. The van der Waals surface area contributed by atoms with Gasteiger partial charge in [-0.05, 0) is 12.1 Å². The van der Waals surface area contributed by atoms with Gasteiger partial charge in [0, 0.05) is 45.6 Å². The second-order valence-corrected chi connectivity index (χ2v) is 6.06. The number of carbonyl (C=O) groups is 1. The number of hydrogen-bond donors (Lipinski definition) is 0. The summed E-state index contributed by atoms with van der Waals surface area (Å²) in [4.78, 5) is 25.2. The third kappa shape index (κ3) is 3.56. The standard InChI is InChI=1S/C17H22N4O3/c1-20(10-14-4-3-7-24-14)17(22)15-11-21(9-13(15)12-23-2)16-8-18-5-6-19-16/h3-8,13,15H,9-12H2,1-2H3/t13-,15+/m0/s1. The fraction of sp³-hybridized carbons (Fsp3) is 0.471. The first-order valence-electron chi connectivity index (χ1n) is 7.96. The molecule has 1 fully saturated rings. The molecule has 0 aromatic carbocycles. The smallest absolute Gasteiger partial charge is 0.228 e. The molecule has 7 heteroatoms. The van der Waals surface area contributed by atoms with Crippen LogP contribution in [0.4, 0.5) is 5.82 Å². The average Bonchev–Trinajstić information content (AvgIpc) is 3.25. The molecule has 0 unspecified atom stereocenters. The molecule has 2 aromatic heterocycles. The quantitative estimate of drug-likeness (QED) is 0.798. The van der Waals surface area contributed by atoms with Crippen LogP contribution < -0.4 is 4.90 Å². The lowest BCUT2D eigenvalue weighted by Crippen LogP contribution is -2.37. The highest BCUT2D eigenvalue weighted by atomic mass is 16.5. The second-order valence-electron chi connectivity index (χ2n) is 6.06. The van der Waals surface area contributed by atoms with E-state index in [1.807, 2.05) is 12.1 Å². The van der Waals surface area contributed by atoms with Crippen molar-refractivity contribution in [1.29, 1.82) is 0 Å². The number of ether oxygens (including phenoxy) is 1. The molecule has 3 rings (SSSR count). The maximum Gasteiger partial charge on any atom is 0.228 e. The van der Waals surface area contributed by atoms with Crippen LogP contribution in [0.1, 0.15) is 5.76 Å². The summed E-state index contributed by atoms with van der Waals surface area (Å²) in [5.74, 6) is 1.66. The van der Waals surface area contributed by atoms with E-state index in [0.717, 1.165) is 18.1 Å². The topological polar surface area (TPSA) is 71.7 Å². The largest absolute Gasteiger partial charge is 0.467 e. The lowest BCUT2D eigenvalue weighted by atomic mass is 9.95. The lowest BCUT2D eigenvalue weighted by molar-refractivity contribution is -0.136. The Morgan fingerprint density at radius 3 is 3.00 bits per heavy atom. The zero-order valence-electron chi connectivity index (χ0n) is 14.0. The maximum atomic E-state index is 12.9. The van der Waals surface area contributed by atoms with Gasteiger partial charge in [-0.1, -0.05) is 0 Å². The van der Waals surface area contributed by atoms with Crippen LogP contribution in [0.2, 0.25) is 0 Å². The molecule has 0 N–H and O–H groups in total. The first-order chi connectivity index (χ1) is 11.7. The Labute approximate surface area is 141 Å². The Balaban J connectivity index is 1.70. The zero-order valence-corrected chi connectivity index (χ0v) is 14.0. The average molecular weight is 330 g/mol. The second kappa shape index (κ2) is 7.44. The fourth-order valence-electron chi connectivity index (χ4n) is 3.17. The molecule has 0 aliphatic carbocycles. The van der Waals surface area contributed by atoms with E-state index in [2.05, 4.69) is 14.9 Å². The molecule has 128 valence electrons. The van der Waals surface area contributed by atoms with Gasteiger partial charge in [-0.15, -0.1) is 0 Å². The van der Waals surface area contributed by atoms with Gasteiger partial charge in [0.25, 0.3) is 0 Å². The summed E-state index contributed by atoms with van der Waals surface area (Å²) < 4.78 is 10.7. The van der Waals surface area contributed by atoms with Gasteiger partial charge in [-0.2, -0.15) is 0 Å². The van der Waals surface area contributed by atoms with Crippen LogP contribution in [0.3, 0.4) is 0 Å². The third-order valence-corrected chi connectivity index (χ3v) is 4.36. The predicted molar refractivity (Wildman–Crippen MR) is 88.3 cm³/mol. The molecule has 2 aromatic rings. The molecule has 2 atom stereocenters. The van der Waals surface area contributed by atoms with Crippen LogP contribution in [-0.4, -0.2) is 54.6 Å². The van der Waals surface area contributed by atoms with Crippen LogP contribution in [0.15, 0.2) is 41.4 Å². The van der Waals surface area contributed by atoms with E-state index in [1.165, 1.54) is 0 Å². The first-order valence-corrected chi connectivity index (χ1v) is 7.96. The molecule has 0 saturated carbocycles. The molecule has 0 radical (unpaired) electrons. The number of furan rings is 1. The maximum absolute atomic E-state index is 12.9. The minimum atomic E-state index is -0.132. The molecular formula is C17H22N4O3. The minimum Gasteiger partial charge on any atom is -0.467 e. The lowest BCUT2D eigenvalue weighted by Gasteiger charge is -2.23. The van der Waals surface area contributed by atoms with Gasteiger partial charge >= 0.3 is 0 Å². The number of amides is 1. The monoisotopic (exact) mass is 330 g/mol. The Kier molecular flexibility index (Phi) is 5.10. The Morgan fingerprint density at radius 2 is 2.33 bits per heavy atom. The molecule has 1 aliphatic rings. The summed E-state index contributed by atoms with van der Waals surface area (Å²) in [5, 5.41) is 0. The van der Waals surface area contributed by atoms with Crippen LogP contribution in [-0.2, 0) is 16.1 Å². The van der Waals surface area contributed by atoms with Gasteiger partial charge in [-0.3, -0.25) is 9.78 Å². The number of rotatable bonds is 6. The van der Waals surface area contributed by atoms with Gasteiger partial charge in [0.15, 0.2) is 0 Å². The van der Waals surface area contributed by atoms with E-state index < -0.39 is 0 Å². The molecule has 7 nitrogen and oxygen atoms in total. The van der Waals surface area contributed by atoms with Crippen molar-refractivity contribution < 1.29 is 13.9 Å². The van der Waals surface area contributed by atoms with E-state index in [-0.39, 0.29) is 17.7 Å². The van der Waals surface area contributed by atoms with Crippen molar-refractivity contribution in [1.82, 2.24) is 14.9 Å². The van der Waals surface area contributed by atoms with E-state index in [4.69, 9.17) is 9.15 Å². The van der Waals surface area contributed by atoms with Gasteiger partial charge < -0.3 is 19.0 Å². The molecule has 24 heavy (non-hydrogen) atoms. The molecule has 0 bridgehead atoms. The van der Waals surface area contributed by atoms with Crippen molar-refractivity contribution in [2.45, 2.75) is 6.54 Å². The highest BCUT2D eigenvalue weighted by Gasteiger charge is 2.39. The molecule has 3 heterocycles. The van der Waals surface area contributed by atoms with Crippen molar-refractivity contribution in [2.24, 2.45) is 11.8 Å². The summed E-state index contributed by atoms with van der Waals surface area (Å²) in [6.45, 7) is 2.36. The molecule has 0 spiro atoms. The SMILES string of the molecule is COC[C@@H]1CN(c2cnccn2)C[C@H]1C(=O)N(C)Cc1ccco1. The Bertz CT molecular complexity index is 647. The summed E-state index contributed by atoms with van der Waals surface area (Å²) in [5.41, 5.74) is 0. The van der Waals surface area contributed by atoms with Crippen molar-refractivity contribution in [3.05, 3.63) is 42.7 Å². The van der Waals surface area contributed by atoms with Gasteiger partial charge in [0.2, 0.25) is 5.91 Å². The van der Waals surface area contributed by atoms with Gasteiger partial charge in [0.05, 0.1) is 31.5 Å². The highest BCUT2D eigenvalue weighted by molar-refractivity contribution is 5.80. The molecule has 1 aliphatic heterocycles. The van der Waals surface area contributed by atoms with Crippen molar-refractivity contribution in [3.63, 3.8) is 0 Å². The summed E-state index contributed by atoms with van der Waals surface area (Å²) >= 11 is 0. The van der Waals surface area contributed by atoms with Crippen LogP contribution >= 0.6 is 0 Å². The van der Waals surface area contributed by atoms with Gasteiger partial charge in [-0.25, -0.2) is 4.98 Å². The van der Waals surface area contributed by atoms with E-state index in [1.54, 1.807) is 43.9 Å². The molecule has 1 amide bonds. The molecular weight excluding hydrogens is 308 g/mol. The van der Waals surface area contributed by atoms with Crippen LogP contribution in [0.25, 0.3) is 0 Å². The van der Waals surface area contributed by atoms with E-state index >= 15 is 0 Å². The Hall–Kier alpha value is -2.41. The number of nitrogens with zero attached hydrogens (tertiary/aromatic N) is 4. The number of hydrogen-bond acceptors (Lipinski definition) is 6. The normalized spacial score (nSPS) is 20.3. The molecule has 1 saturated heterocycles. The van der Waals surface area contributed by atoms with E-state index in [9.17, 15) is 4.79 Å². The van der Waals surface area contributed by atoms with E-state index in [0.29, 0.717) is 19.7 Å². The zero-order chi connectivity index (χ0) is 16.9.